The molecule has 0 saturated carbocycles. The van der Waals surface area contributed by atoms with Gasteiger partial charge in [0.25, 0.3) is 0 Å². The summed E-state index contributed by atoms with van der Waals surface area (Å²) < 4.78 is 18.8. The predicted octanol–water partition coefficient (Wildman–Crippen LogP) is 3.43. The van der Waals surface area contributed by atoms with Gasteiger partial charge in [0, 0.05) is 17.9 Å². The van der Waals surface area contributed by atoms with Gasteiger partial charge in [0.1, 0.15) is 0 Å². The van der Waals surface area contributed by atoms with Crippen LogP contribution in [0, 0.1) is 12.7 Å². The molecular weight excluding hydrogens is 267 g/mol. The predicted molar refractivity (Wildman–Crippen MR) is 82.0 cm³/mol. The number of nitrogens with one attached hydrogen (secondary N) is 1. The van der Waals surface area contributed by atoms with Crippen molar-refractivity contribution < 1.29 is 9.13 Å². The Hall–Kier alpha value is -1.94. The van der Waals surface area contributed by atoms with Gasteiger partial charge in [-0.25, -0.2) is 4.39 Å². The molecule has 0 aliphatic heterocycles. The molecule has 0 aliphatic rings. The highest BCUT2D eigenvalue weighted by Crippen LogP contribution is 2.23. The molecule has 4 heteroatoms. The number of pyridine rings is 1. The molecule has 1 N–H and O–H groups in total. The molecule has 2 rings (SSSR count). The van der Waals surface area contributed by atoms with Crippen molar-refractivity contribution in [3.8, 4) is 5.75 Å². The molecule has 0 fully saturated rings. The molecule has 2 aromatic rings. The van der Waals surface area contributed by atoms with Gasteiger partial charge in [0.2, 0.25) is 0 Å². The molecule has 112 valence electrons. The molecule has 1 unspecified atom stereocenters. The van der Waals surface area contributed by atoms with Crippen LogP contribution in [0.25, 0.3) is 0 Å². The Kier molecular flexibility index (Phi) is 5.28. The number of halogens is 1. The fraction of sp³-hybridized carbons (Fsp3) is 0.353. The maximum absolute atomic E-state index is 13.8. The number of hydrogen-bond donors (Lipinski definition) is 1. The number of rotatable bonds is 6. The van der Waals surface area contributed by atoms with Gasteiger partial charge in [0.05, 0.1) is 7.11 Å². The van der Waals surface area contributed by atoms with Gasteiger partial charge in [-0.15, -0.1) is 0 Å². The Labute approximate surface area is 125 Å². The first-order valence-electron chi connectivity index (χ1n) is 7.12. The van der Waals surface area contributed by atoms with Crippen LogP contribution in [-0.2, 0) is 6.42 Å². The third-order valence-electron chi connectivity index (χ3n) is 3.43. The van der Waals surface area contributed by atoms with Gasteiger partial charge in [-0.1, -0.05) is 13.0 Å². The summed E-state index contributed by atoms with van der Waals surface area (Å²) in [4.78, 5) is 4.22. The monoisotopic (exact) mass is 288 g/mol. The van der Waals surface area contributed by atoms with Crippen LogP contribution in [0.5, 0.6) is 5.75 Å². The van der Waals surface area contributed by atoms with E-state index in [9.17, 15) is 4.39 Å². The number of ether oxygens (including phenoxy) is 1. The number of hydrogen-bond acceptors (Lipinski definition) is 3. The fourth-order valence-corrected chi connectivity index (χ4v) is 2.41. The number of benzene rings is 1. The maximum Gasteiger partial charge on any atom is 0.165 e. The highest BCUT2D eigenvalue weighted by Gasteiger charge is 2.13. The average molecular weight is 288 g/mol. The Bertz CT molecular complexity index is 601. The molecule has 0 radical (unpaired) electrons. The van der Waals surface area contributed by atoms with Crippen molar-refractivity contribution in [1.82, 2.24) is 10.3 Å². The largest absolute Gasteiger partial charge is 0.494 e. The molecule has 0 amide bonds. The highest BCUT2D eigenvalue weighted by atomic mass is 19.1. The molecule has 1 aromatic carbocycles. The number of aryl methyl sites for hydroxylation is 1. The molecule has 3 nitrogen and oxygen atoms in total. The molecule has 1 heterocycles. The van der Waals surface area contributed by atoms with Crippen molar-refractivity contribution in [3.63, 3.8) is 0 Å². The summed E-state index contributed by atoms with van der Waals surface area (Å²) >= 11 is 0. The van der Waals surface area contributed by atoms with E-state index in [2.05, 4.69) is 23.3 Å². The summed E-state index contributed by atoms with van der Waals surface area (Å²) in [5, 5.41) is 3.44. The Morgan fingerprint density at radius 1 is 1.29 bits per heavy atom. The van der Waals surface area contributed by atoms with Crippen LogP contribution in [0.2, 0.25) is 0 Å². The number of methoxy groups -OCH3 is 1. The minimum Gasteiger partial charge on any atom is -0.494 e. The quantitative estimate of drug-likeness (QED) is 0.884. The lowest BCUT2D eigenvalue weighted by Gasteiger charge is -2.19. The van der Waals surface area contributed by atoms with Crippen LogP contribution >= 0.6 is 0 Å². The van der Waals surface area contributed by atoms with Crippen molar-refractivity contribution in [2.24, 2.45) is 0 Å². The number of likely N-dealkylation sites (N-methyl/N-ethyl adjacent to an activating group) is 1. The highest BCUT2D eigenvalue weighted by molar-refractivity contribution is 5.31. The van der Waals surface area contributed by atoms with E-state index >= 15 is 0 Å². The van der Waals surface area contributed by atoms with Crippen LogP contribution in [-0.4, -0.2) is 18.6 Å². The molecule has 0 spiro atoms. The Morgan fingerprint density at radius 3 is 2.71 bits per heavy atom. The van der Waals surface area contributed by atoms with E-state index in [1.54, 1.807) is 6.07 Å². The third kappa shape index (κ3) is 4.02. The van der Waals surface area contributed by atoms with Crippen LogP contribution in [0.1, 0.15) is 29.8 Å². The van der Waals surface area contributed by atoms with Crippen molar-refractivity contribution in [1.29, 1.82) is 0 Å². The first-order chi connectivity index (χ1) is 10.1. The van der Waals surface area contributed by atoms with Gasteiger partial charge in [-0.05, 0) is 55.3 Å². The van der Waals surface area contributed by atoms with Gasteiger partial charge in [-0.2, -0.15) is 0 Å². The first-order valence-corrected chi connectivity index (χ1v) is 7.12. The van der Waals surface area contributed by atoms with Crippen molar-refractivity contribution in [2.75, 3.05) is 13.7 Å². The fourth-order valence-electron chi connectivity index (χ4n) is 2.41. The van der Waals surface area contributed by atoms with Gasteiger partial charge in [0.15, 0.2) is 11.6 Å². The smallest absolute Gasteiger partial charge is 0.165 e. The molecule has 0 saturated heterocycles. The van der Waals surface area contributed by atoms with Crippen molar-refractivity contribution in [2.45, 2.75) is 26.3 Å². The summed E-state index contributed by atoms with van der Waals surface area (Å²) in [5.74, 6) is -0.0466. The zero-order chi connectivity index (χ0) is 15.2. The van der Waals surface area contributed by atoms with Crippen LogP contribution in [0.3, 0.4) is 0 Å². The lowest BCUT2D eigenvalue weighted by molar-refractivity contribution is 0.386. The Balaban J connectivity index is 2.22. The topological polar surface area (TPSA) is 34.1 Å². The van der Waals surface area contributed by atoms with E-state index < -0.39 is 0 Å². The lowest BCUT2D eigenvalue weighted by Crippen LogP contribution is -2.23. The van der Waals surface area contributed by atoms with E-state index in [-0.39, 0.29) is 17.6 Å². The Morgan fingerprint density at radius 2 is 2.10 bits per heavy atom. The second-order valence-corrected chi connectivity index (χ2v) is 5.01. The minimum absolute atomic E-state index is 0.143. The van der Waals surface area contributed by atoms with Crippen LogP contribution in [0.4, 0.5) is 4.39 Å². The lowest BCUT2D eigenvalue weighted by atomic mass is 9.99. The number of aromatic nitrogens is 1. The summed E-state index contributed by atoms with van der Waals surface area (Å²) in [6, 6.07) is 9.32. The van der Waals surface area contributed by atoms with E-state index in [0.717, 1.165) is 24.2 Å². The van der Waals surface area contributed by atoms with Gasteiger partial charge >= 0.3 is 0 Å². The SMILES string of the molecule is CCNC(Cc1ccc(OC)c(F)c1)c1ccnc(C)c1. The average Bonchev–Trinajstić information content (AvgIpc) is 2.47. The van der Waals surface area contributed by atoms with Crippen LogP contribution < -0.4 is 10.1 Å². The minimum atomic E-state index is -0.323. The summed E-state index contributed by atoms with van der Waals surface area (Å²) in [6.45, 7) is 4.89. The second-order valence-electron chi connectivity index (χ2n) is 5.01. The van der Waals surface area contributed by atoms with E-state index in [1.165, 1.54) is 18.7 Å². The molecular formula is C17H21FN2O. The van der Waals surface area contributed by atoms with Crippen LogP contribution in [0.15, 0.2) is 36.5 Å². The summed E-state index contributed by atoms with van der Waals surface area (Å²) in [5.41, 5.74) is 3.09. The molecule has 1 atom stereocenters. The van der Waals surface area contributed by atoms with Gasteiger partial charge < -0.3 is 10.1 Å². The molecule has 0 aliphatic carbocycles. The third-order valence-corrected chi connectivity index (χ3v) is 3.43. The maximum atomic E-state index is 13.8. The standard InChI is InChI=1S/C17H21FN2O/c1-4-19-16(14-7-8-20-12(2)9-14)11-13-5-6-17(21-3)15(18)10-13/h5-10,16,19H,4,11H2,1-3H3. The molecule has 21 heavy (non-hydrogen) atoms. The normalized spacial score (nSPS) is 12.2. The molecule has 0 bridgehead atoms. The summed E-state index contributed by atoms with van der Waals surface area (Å²) in [6.07, 6.45) is 2.53. The van der Waals surface area contributed by atoms with Crippen molar-refractivity contribution in [3.05, 3.63) is 59.2 Å². The summed E-state index contributed by atoms with van der Waals surface area (Å²) in [7, 11) is 1.47. The zero-order valence-electron chi connectivity index (χ0n) is 12.7. The zero-order valence-corrected chi connectivity index (χ0v) is 12.7. The van der Waals surface area contributed by atoms with E-state index in [4.69, 9.17) is 4.74 Å². The van der Waals surface area contributed by atoms with Crippen molar-refractivity contribution >= 4 is 0 Å². The number of nitrogens with zero attached hydrogens (tertiary/aromatic N) is 1. The first kappa shape index (κ1) is 15.4. The molecule has 1 aromatic heterocycles. The van der Waals surface area contributed by atoms with E-state index in [1.807, 2.05) is 25.3 Å². The second kappa shape index (κ2) is 7.18. The van der Waals surface area contributed by atoms with Gasteiger partial charge in [-0.3, -0.25) is 4.98 Å². The van der Waals surface area contributed by atoms with E-state index in [0.29, 0.717) is 0 Å².